The number of carbonyl (C=O) groups excluding carboxylic acids is 1. The molecule has 0 aliphatic heterocycles. The molecular formula is C19H22O3. The second kappa shape index (κ2) is 7.23. The van der Waals surface area contributed by atoms with Gasteiger partial charge in [0.2, 0.25) is 0 Å². The number of esters is 1. The predicted octanol–water partition coefficient (Wildman–Crippen LogP) is 3.38. The lowest BCUT2D eigenvalue weighted by Crippen LogP contribution is -2.29. The summed E-state index contributed by atoms with van der Waals surface area (Å²) in [6.07, 6.45) is 0.959. The summed E-state index contributed by atoms with van der Waals surface area (Å²) in [6.45, 7) is 3.61. The maximum atomic E-state index is 11.8. The fourth-order valence-electron chi connectivity index (χ4n) is 2.18. The molecule has 116 valence electrons. The number of hydrogen-bond donors (Lipinski definition) is 1. The maximum absolute atomic E-state index is 11.8. The fraction of sp³-hybridized carbons (Fsp3) is 0.316. The van der Waals surface area contributed by atoms with Gasteiger partial charge in [-0.2, -0.15) is 0 Å². The molecule has 1 atom stereocenters. The number of rotatable bonds is 6. The lowest BCUT2D eigenvalue weighted by Gasteiger charge is -2.23. The van der Waals surface area contributed by atoms with E-state index in [4.69, 9.17) is 4.74 Å². The first-order valence-corrected chi connectivity index (χ1v) is 7.46. The van der Waals surface area contributed by atoms with Crippen molar-refractivity contribution >= 4 is 5.97 Å². The molecule has 0 bridgehead atoms. The normalized spacial score (nSPS) is 13.4. The Bertz CT molecular complexity index is 600. The summed E-state index contributed by atoms with van der Waals surface area (Å²) in [6, 6.07) is 17.4. The van der Waals surface area contributed by atoms with Crippen LogP contribution in [0.1, 0.15) is 30.0 Å². The molecule has 0 aliphatic carbocycles. The molecule has 0 heterocycles. The molecule has 3 heteroatoms. The summed E-state index contributed by atoms with van der Waals surface area (Å²) in [5.74, 6) is -0.295. The first kappa shape index (κ1) is 16.2. The SMILES string of the molecule is Cc1ccc([C@@](C)(O)COC(=O)CCc2ccccc2)cc1. The Morgan fingerprint density at radius 1 is 1.09 bits per heavy atom. The molecule has 0 radical (unpaired) electrons. The van der Waals surface area contributed by atoms with Crippen molar-refractivity contribution in [3.05, 3.63) is 71.3 Å². The van der Waals surface area contributed by atoms with Crippen molar-refractivity contribution in [1.82, 2.24) is 0 Å². The molecule has 2 aromatic carbocycles. The van der Waals surface area contributed by atoms with Gasteiger partial charge in [-0.05, 0) is 31.4 Å². The largest absolute Gasteiger partial charge is 0.462 e. The van der Waals surface area contributed by atoms with Crippen LogP contribution in [0, 0.1) is 6.92 Å². The second-order valence-electron chi connectivity index (χ2n) is 5.79. The topological polar surface area (TPSA) is 46.5 Å². The third kappa shape index (κ3) is 4.71. The number of ether oxygens (including phenoxy) is 1. The van der Waals surface area contributed by atoms with Crippen LogP contribution in [0.2, 0.25) is 0 Å². The van der Waals surface area contributed by atoms with Crippen LogP contribution in [0.3, 0.4) is 0 Å². The highest BCUT2D eigenvalue weighted by molar-refractivity contribution is 5.69. The highest BCUT2D eigenvalue weighted by Crippen LogP contribution is 2.21. The van der Waals surface area contributed by atoms with Crippen LogP contribution < -0.4 is 0 Å². The Kier molecular flexibility index (Phi) is 5.34. The van der Waals surface area contributed by atoms with Crippen molar-refractivity contribution in [3.8, 4) is 0 Å². The molecule has 0 unspecified atom stereocenters. The highest BCUT2D eigenvalue weighted by Gasteiger charge is 2.25. The standard InChI is InChI=1S/C19H22O3/c1-15-8-11-17(12-9-15)19(2,21)14-22-18(20)13-10-16-6-4-3-5-7-16/h3-9,11-12,21H,10,13-14H2,1-2H3/t19-/m0/s1. The van der Waals surface area contributed by atoms with Gasteiger partial charge in [-0.1, -0.05) is 60.2 Å². The van der Waals surface area contributed by atoms with Crippen LogP contribution >= 0.6 is 0 Å². The molecule has 2 aromatic rings. The predicted molar refractivity (Wildman–Crippen MR) is 86.5 cm³/mol. The van der Waals surface area contributed by atoms with E-state index in [9.17, 15) is 9.90 Å². The van der Waals surface area contributed by atoms with Gasteiger partial charge in [-0.25, -0.2) is 0 Å². The third-order valence-corrected chi connectivity index (χ3v) is 3.65. The summed E-state index contributed by atoms with van der Waals surface area (Å²) in [5, 5.41) is 10.4. The number of aryl methyl sites for hydroxylation is 2. The summed E-state index contributed by atoms with van der Waals surface area (Å²) in [5.41, 5.74) is 1.80. The van der Waals surface area contributed by atoms with Gasteiger partial charge in [-0.15, -0.1) is 0 Å². The monoisotopic (exact) mass is 298 g/mol. The molecule has 22 heavy (non-hydrogen) atoms. The van der Waals surface area contributed by atoms with Crippen molar-refractivity contribution < 1.29 is 14.6 Å². The van der Waals surface area contributed by atoms with Crippen molar-refractivity contribution in [2.75, 3.05) is 6.61 Å². The molecule has 1 N–H and O–H groups in total. The lowest BCUT2D eigenvalue weighted by molar-refractivity contribution is -0.151. The van der Waals surface area contributed by atoms with Crippen LogP contribution in [-0.4, -0.2) is 17.7 Å². The number of benzene rings is 2. The summed E-state index contributed by atoms with van der Waals surface area (Å²) >= 11 is 0. The first-order valence-electron chi connectivity index (χ1n) is 7.46. The summed E-state index contributed by atoms with van der Waals surface area (Å²) in [7, 11) is 0. The van der Waals surface area contributed by atoms with Gasteiger partial charge in [0.15, 0.2) is 0 Å². The van der Waals surface area contributed by atoms with Crippen molar-refractivity contribution in [2.24, 2.45) is 0 Å². The average molecular weight is 298 g/mol. The van der Waals surface area contributed by atoms with Gasteiger partial charge in [0.25, 0.3) is 0 Å². The number of aliphatic hydroxyl groups is 1. The van der Waals surface area contributed by atoms with Gasteiger partial charge in [-0.3, -0.25) is 4.79 Å². The van der Waals surface area contributed by atoms with Gasteiger partial charge >= 0.3 is 5.97 Å². The van der Waals surface area contributed by atoms with E-state index >= 15 is 0 Å². The summed E-state index contributed by atoms with van der Waals surface area (Å²) in [4.78, 5) is 11.8. The molecule has 0 spiro atoms. The zero-order valence-electron chi connectivity index (χ0n) is 13.1. The van der Waals surface area contributed by atoms with Gasteiger partial charge in [0.05, 0.1) is 0 Å². The van der Waals surface area contributed by atoms with E-state index in [2.05, 4.69) is 0 Å². The van der Waals surface area contributed by atoms with Crippen LogP contribution in [0.25, 0.3) is 0 Å². The van der Waals surface area contributed by atoms with E-state index in [0.717, 1.165) is 16.7 Å². The van der Waals surface area contributed by atoms with Crippen LogP contribution in [0.4, 0.5) is 0 Å². The Hall–Kier alpha value is -2.13. The molecule has 0 fully saturated rings. The first-order chi connectivity index (χ1) is 10.5. The molecule has 3 nitrogen and oxygen atoms in total. The van der Waals surface area contributed by atoms with E-state index in [1.165, 1.54) is 0 Å². The molecular weight excluding hydrogens is 276 g/mol. The maximum Gasteiger partial charge on any atom is 0.306 e. The van der Waals surface area contributed by atoms with E-state index in [0.29, 0.717) is 12.8 Å². The molecule has 2 rings (SSSR count). The fourth-order valence-corrected chi connectivity index (χ4v) is 2.18. The Morgan fingerprint density at radius 2 is 1.73 bits per heavy atom. The minimum absolute atomic E-state index is 0.0380. The summed E-state index contributed by atoms with van der Waals surface area (Å²) < 4.78 is 5.22. The van der Waals surface area contributed by atoms with Crippen LogP contribution in [0.5, 0.6) is 0 Å². The van der Waals surface area contributed by atoms with Crippen molar-refractivity contribution in [2.45, 2.75) is 32.3 Å². The average Bonchev–Trinajstić information content (AvgIpc) is 2.52. The minimum Gasteiger partial charge on any atom is -0.462 e. The Balaban J connectivity index is 1.83. The van der Waals surface area contributed by atoms with Crippen LogP contribution in [0.15, 0.2) is 54.6 Å². The molecule has 0 aliphatic rings. The number of hydrogen-bond acceptors (Lipinski definition) is 3. The van der Waals surface area contributed by atoms with E-state index < -0.39 is 5.60 Å². The molecule has 0 saturated heterocycles. The lowest BCUT2D eigenvalue weighted by atomic mass is 9.96. The van der Waals surface area contributed by atoms with E-state index in [1.54, 1.807) is 6.92 Å². The third-order valence-electron chi connectivity index (χ3n) is 3.65. The van der Waals surface area contributed by atoms with Crippen molar-refractivity contribution in [1.29, 1.82) is 0 Å². The quantitative estimate of drug-likeness (QED) is 0.832. The molecule has 0 saturated carbocycles. The van der Waals surface area contributed by atoms with Gasteiger partial charge in [0, 0.05) is 6.42 Å². The minimum atomic E-state index is -1.17. The number of carbonyl (C=O) groups is 1. The molecule has 0 aromatic heterocycles. The van der Waals surface area contributed by atoms with Gasteiger partial charge < -0.3 is 9.84 Å². The van der Waals surface area contributed by atoms with Gasteiger partial charge in [0.1, 0.15) is 12.2 Å². The smallest absolute Gasteiger partial charge is 0.306 e. The Labute approximate surface area is 131 Å². The Morgan fingerprint density at radius 3 is 2.36 bits per heavy atom. The van der Waals surface area contributed by atoms with Crippen molar-refractivity contribution in [3.63, 3.8) is 0 Å². The van der Waals surface area contributed by atoms with Crippen LogP contribution in [-0.2, 0) is 21.6 Å². The molecule has 0 amide bonds. The van der Waals surface area contributed by atoms with E-state index in [1.807, 2.05) is 61.5 Å². The zero-order chi connectivity index (χ0) is 16.0. The zero-order valence-corrected chi connectivity index (χ0v) is 13.1. The van der Waals surface area contributed by atoms with E-state index in [-0.39, 0.29) is 12.6 Å². The highest BCUT2D eigenvalue weighted by atomic mass is 16.5. The second-order valence-corrected chi connectivity index (χ2v) is 5.79.